The highest BCUT2D eigenvalue weighted by Gasteiger charge is 2.23. The van der Waals surface area contributed by atoms with Crippen LogP contribution in [0.2, 0.25) is 0 Å². The van der Waals surface area contributed by atoms with Crippen LogP contribution in [0.25, 0.3) is 0 Å². The van der Waals surface area contributed by atoms with Gasteiger partial charge in [-0.15, -0.1) is 34.2 Å². The van der Waals surface area contributed by atoms with Crippen LogP contribution in [0, 0.1) is 0 Å². The molecule has 10 heteroatoms. The van der Waals surface area contributed by atoms with Crippen LogP contribution in [0.15, 0.2) is 28.3 Å². The highest BCUT2D eigenvalue weighted by molar-refractivity contribution is 14.0. The lowest BCUT2D eigenvalue weighted by molar-refractivity contribution is 0.355. The quantitative estimate of drug-likeness (QED) is 0.155. The van der Waals surface area contributed by atoms with Crippen molar-refractivity contribution in [2.45, 2.75) is 49.7 Å². The van der Waals surface area contributed by atoms with E-state index in [0.717, 1.165) is 36.1 Å². The fourth-order valence-corrected chi connectivity index (χ4v) is 4.40. The molecule has 0 saturated heterocycles. The number of ether oxygens (including phenoxy) is 2. The van der Waals surface area contributed by atoms with Crippen molar-refractivity contribution < 1.29 is 9.47 Å². The molecular formula is C21H33IN6O2S. The van der Waals surface area contributed by atoms with Gasteiger partial charge in [0, 0.05) is 37.8 Å². The number of nitrogens with zero attached hydrogens (tertiary/aromatic N) is 4. The zero-order valence-corrected chi connectivity index (χ0v) is 21.8. The first kappa shape index (κ1) is 25.6. The van der Waals surface area contributed by atoms with Gasteiger partial charge in [0.2, 0.25) is 0 Å². The molecule has 3 rings (SSSR count). The maximum absolute atomic E-state index is 5.36. The Bertz CT molecular complexity index is 854. The van der Waals surface area contributed by atoms with Crippen molar-refractivity contribution in [1.82, 2.24) is 20.1 Å². The molecule has 0 radical (unpaired) electrons. The van der Waals surface area contributed by atoms with Gasteiger partial charge in [-0.2, -0.15) is 0 Å². The predicted octanol–water partition coefficient (Wildman–Crippen LogP) is 4.37. The number of aromatic nitrogens is 3. The first-order chi connectivity index (χ1) is 14.7. The van der Waals surface area contributed by atoms with Crippen LogP contribution in [0.4, 0.5) is 5.69 Å². The van der Waals surface area contributed by atoms with E-state index in [1.54, 1.807) is 33.0 Å². The number of methoxy groups -OCH3 is 2. The number of anilines is 1. The van der Waals surface area contributed by atoms with Gasteiger partial charge in [-0.25, -0.2) is 0 Å². The molecule has 1 aliphatic carbocycles. The van der Waals surface area contributed by atoms with Crippen LogP contribution in [0.1, 0.15) is 44.0 Å². The van der Waals surface area contributed by atoms with Crippen molar-refractivity contribution in [1.29, 1.82) is 0 Å². The summed E-state index contributed by atoms with van der Waals surface area (Å²) in [6.45, 7) is 0.791. The molecule has 1 aromatic heterocycles. The van der Waals surface area contributed by atoms with Crippen molar-refractivity contribution in [3.05, 3.63) is 24.0 Å². The third-order valence-corrected chi connectivity index (χ3v) is 5.99. The fourth-order valence-electron chi connectivity index (χ4n) is 3.83. The van der Waals surface area contributed by atoms with Crippen molar-refractivity contribution in [3.8, 4) is 11.5 Å². The fraction of sp³-hybridized carbons (Fsp3) is 0.571. The highest BCUT2D eigenvalue weighted by atomic mass is 127. The van der Waals surface area contributed by atoms with E-state index in [0.29, 0.717) is 23.5 Å². The molecule has 1 heterocycles. The molecule has 1 aromatic carbocycles. The standard InChI is InChI=1S/C21H32N6O2S.HI/c1-22-20(24-15-11-12-17(28-2)18(14-15)29-3)23-13-7-10-19-25-26-21(30-4)27(19)16-8-5-6-9-16;/h11-12,14,16H,5-10,13H2,1-4H3,(H2,22,23,24);1H. The topological polar surface area (TPSA) is 85.6 Å². The van der Waals surface area contributed by atoms with E-state index in [2.05, 4.69) is 36.6 Å². The number of halogens is 1. The number of nitrogens with one attached hydrogen (secondary N) is 2. The summed E-state index contributed by atoms with van der Waals surface area (Å²) in [7, 11) is 5.01. The van der Waals surface area contributed by atoms with Gasteiger partial charge >= 0.3 is 0 Å². The molecule has 172 valence electrons. The summed E-state index contributed by atoms with van der Waals surface area (Å²) in [5, 5.41) is 16.6. The highest BCUT2D eigenvalue weighted by Crippen LogP contribution is 2.33. The molecule has 0 aliphatic heterocycles. The maximum atomic E-state index is 5.36. The van der Waals surface area contributed by atoms with Gasteiger partial charge in [0.25, 0.3) is 0 Å². The number of rotatable bonds is 9. The molecule has 0 spiro atoms. The Morgan fingerprint density at radius 2 is 1.94 bits per heavy atom. The summed E-state index contributed by atoms with van der Waals surface area (Å²) >= 11 is 1.68. The Kier molecular flexibility index (Phi) is 10.7. The Morgan fingerprint density at radius 1 is 1.19 bits per heavy atom. The van der Waals surface area contributed by atoms with E-state index < -0.39 is 0 Å². The summed E-state index contributed by atoms with van der Waals surface area (Å²) in [6, 6.07) is 6.25. The van der Waals surface area contributed by atoms with Crippen LogP contribution in [0.5, 0.6) is 11.5 Å². The summed E-state index contributed by atoms with van der Waals surface area (Å²) in [4.78, 5) is 4.31. The first-order valence-corrected chi connectivity index (χ1v) is 11.6. The monoisotopic (exact) mass is 560 g/mol. The molecule has 8 nitrogen and oxygen atoms in total. The van der Waals surface area contributed by atoms with Gasteiger partial charge in [-0.3, -0.25) is 4.99 Å². The molecule has 0 bridgehead atoms. The van der Waals surface area contributed by atoms with E-state index >= 15 is 0 Å². The molecule has 0 atom stereocenters. The van der Waals surface area contributed by atoms with Gasteiger partial charge in [0.15, 0.2) is 22.6 Å². The second kappa shape index (κ2) is 13.0. The van der Waals surface area contributed by atoms with Crippen molar-refractivity contribution in [3.63, 3.8) is 0 Å². The van der Waals surface area contributed by atoms with Gasteiger partial charge in [0.1, 0.15) is 5.82 Å². The summed E-state index contributed by atoms with van der Waals surface area (Å²) in [5.41, 5.74) is 0.881. The van der Waals surface area contributed by atoms with Gasteiger partial charge in [0.05, 0.1) is 14.2 Å². The minimum atomic E-state index is 0. The van der Waals surface area contributed by atoms with E-state index in [1.165, 1.54) is 25.7 Å². The summed E-state index contributed by atoms with van der Waals surface area (Å²) in [5.74, 6) is 3.18. The Labute approximate surface area is 206 Å². The van der Waals surface area contributed by atoms with E-state index in [-0.39, 0.29) is 24.0 Å². The zero-order valence-electron chi connectivity index (χ0n) is 18.7. The van der Waals surface area contributed by atoms with Crippen molar-refractivity contribution in [2.75, 3.05) is 39.4 Å². The number of aryl methyl sites for hydroxylation is 1. The molecule has 0 amide bonds. The number of hydrogen-bond donors (Lipinski definition) is 2. The molecular weight excluding hydrogens is 527 g/mol. The molecule has 2 N–H and O–H groups in total. The van der Waals surface area contributed by atoms with Gasteiger partial charge in [-0.1, -0.05) is 24.6 Å². The molecule has 1 saturated carbocycles. The summed E-state index contributed by atoms with van der Waals surface area (Å²) in [6.07, 6.45) is 8.99. The third kappa shape index (κ3) is 6.64. The van der Waals surface area contributed by atoms with Crippen molar-refractivity contribution >= 4 is 47.4 Å². The lowest BCUT2D eigenvalue weighted by Crippen LogP contribution is -2.31. The second-order valence-electron chi connectivity index (χ2n) is 7.21. The smallest absolute Gasteiger partial charge is 0.195 e. The lowest BCUT2D eigenvalue weighted by atomic mass is 10.2. The van der Waals surface area contributed by atoms with Gasteiger partial charge < -0.3 is 24.7 Å². The average Bonchev–Trinajstić information content (AvgIpc) is 3.44. The molecule has 1 aliphatic rings. The number of benzene rings is 1. The van der Waals surface area contributed by atoms with E-state index in [4.69, 9.17) is 9.47 Å². The van der Waals surface area contributed by atoms with Crippen LogP contribution in [0.3, 0.4) is 0 Å². The lowest BCUT2D eigenvalue weighted by Gasteiger charge is -2.16. The van der Waals surface area contributed by atoms with Gasteiger partial charge in [-0.05, 0) is 37.7 Å². The predicted molar refractivity (Wildman–Crippen MR) is 138 cm³/mol. The number of aliphatic imine (C=N–C) groups is 1. The molecule has 2 aromatic rings. The summed E-state index contributed by atoms with van der Waals surface area (Å²) < 4.78 is 13.0. The SMILES string of the molecule is CN=C(NCCCc1nnc(SC)n1C1CCCC1)Nc1ccc(OC)c(OC)c1.I. The van der Waals surface area contributed by atoms with E-state index in [1.807, 2.05) is 18.2 Å². The Morgan fingerprint density at radius 3 is 2.58 bits per heavy atom. The third-order valence-electron chi connectivity index (χ3n) is 5.35. The maximum Gasteiger partial charge on any atom is 0.195 e. The van der Waals surface area contributed by atoms with Crippen LogP contribution < -0.4 is 20.1 Å². The second-order valence-corrected chi connectivity index (χ2v) is 7.98. The normalized spacial score (nSPS) is 14.3. The van der Waals surface area contributed by atoms with Crippen molar-refractivity contribution in [2.24, 2.45) is 4.99 Å². The van der Waals surface area contributed by atoms with Crippen LogP contribution >= 0.6 is 35.7 Å². The van der Waals surface area contributed by atoms with Crippen LogP contribution in [-0.2, 0) is 6.42 Å². The minimum Gasteiger partial charge on any atom is -0.493 e. The average molecular weight is 561 g/mol. The number of hydrogen-bond acceptors (Lipinski definition) is 6. The zero-order chi connectivity index (χ0) is 21.3. The largest absolute Gasteiger partial charge is 0.493 e. The number of thioether (sulfide) groups is 1. The molecule has 31 heavy (non-hydrogen) atoms. The Balaban J connectivity index is 0.00000341. The molecule has 1 fully saturated rings. The molecule has 0 unspecified atom stereocenters. The minimum absolute atomic E-state index is 0. The van der Waals surface area contributed by atoms with E-state index in [9.17, 15) is 0 Å². The first-order valence-electron chi connectivity index (χ1n) is 10.4. The van der Waals surface area contributed by atoms with Crippen LogP contribution in [-0.4, -0.2) is 54.8 Å². The number of guanidine groups is 1. The Hall–Kier alpha value is -1.69.